The van der Waals surface area contributed by atoms with Gasteiger partial charge in [0.2, 0.25) is 17.7 Å². The van der Waals surface area contributed by atoms with Gasteiger partial charge in [0, 0.05) is 38.0 Å². The van der Waals surface area contributed by atoms with Crippen molar-refractivity contribution in [3.63, 3.8) is 0 Å². The van der Waals surface area contributed by atoms with E-state index in [2.05, 4.69) is 13.8 Å². The number of nitrogens with zero attached hydrogens (tertiary/aromatic N) is 3. The molecular formula is C33H45N3O5. The first kappa shape index (κ1) is 29.5. The van der Waals surface area contributed by atoms with Crippen molar-refractivity contribution in [1.29, 1.82) is 0 Å². The Morgan fingerprint density at radius 2 is 1.66 bits per heavy atom. The lowest BCUT2D eigenvalue weighted by atomic mass is 9.73. The van der Waals surface area contributed by atoms with Crippen molar-refractivity contribution in [1.82, 2.24) is 9.80 Å². The molecule has 6 atom stereocenters. The van der Waals surface area contributed by atoms with Crippen LogP contribution < -0.4 is 4.90 Å². The summed E-state index contributed by atoms with van der Waals surface area (Å²) in [7, 11) is 0. The fourth-order valence-corrected chi connectivity index (χ4v) is 7.58. The van der Waals surface area contributed by atoms with E-state index < -0.39 is 29.1 Å². The molecule has 8 heteroatoms. The number of hydrogen-bond acceptors (Lipinski definition) is 5. The molecule has 1 spiro atoms. The van der Waals surface area contributed by atoms with Crippen LogP contribution in [0.2, 0.25) is 0 Å². The number of fused-ring (bicyclic) bond motifs is 2. The van der Waals surface area contributed by atoms with Gasteiger partial charge < -0.3 is 24.5 Å². The molecular weight excluding hydrogens is 518 g/mol. The van der Waals surface area contributed by atoms with Crippen LogP contribution in [0.1, 0.15) is 65.7 Å². The summed E-state index contributed by atoms with van der Waals surface area (Å²) in [5.41, 5.74) is -1.42. The molecule has 3 amide bonds. The highest BCUT2D eigenvalue weighted by Crippen LogP contribution is 2.58. The lowest BCUT2D eigenvalue weighted by Crippen LogP contribution is -2.57. The molecule has 2 unspecified atom stereocenters. The van der Waals surface area contributed by atoms with Gasteiger partial charge in [-0.2, -0.15) is 0 Å². The Morgan fingerprint density at radius 3 is 2.37 bits per heavy atom. The summed E-state index contributed by atoms with van der Waals surface area (Å²) >= 11 is 0. The van der Waals surface area contributed by atoms with E-state index in [0.29, 0.717) is 32.5 Å². The van der Waals surface area contributed by atoms with E-state index in [-0.39, 0.29) is 30.4 Å². The van der Waals surface area contributed by atoms with Crippen molar-refractivity contribution in [3.05, 3.63) is 54.6 Å². The number of rotatable bonds is 11. The number of carbonyl (C=O) groups is 3. The van der Waals surface area contributed by atoms with Crippen LogP contribution in [0.25, 0.3) is 0 Å². The van der Waals surface area contributed by atoms with Gasteiger partial charge in [-0.1, -0.05) is 75.6 Å². The molecule has 0 aromatic heterocycles. The zero-order valence-electron chi connectivity index (χ0n) is 24.7. The van der Waals surface area contributed by atoms with E-state index in [1.807, 2.05) is 66.5 Å². The second-order valence-corrected chi connectivity index (χ2v) is 12.0. The molecule has 0 aliphatic carbocycles. The maximum absolute atomic E-state index is 14.5. The summed E-state index contributed by atoms with van der Waals surface area (Å²) in [6.45, 7) is 7.59. The van der Waals surface area contributed by atoms with Gasteiger partial charge >= 0.3 is 0 Å². The summed E-state index contributed by atoms with van der Waals surface area (Å²) in [6, 6.07) is 8.76. The Hall–Kier alpha value is -2.97. The molecule has 0 radical (unpaired) electrons. The number of aliphatic hydroxyl groups is 1. The highest BCUT2D eigenvalue weighted by atomic mass is 16.5. The molecule has 4 aliphatic rings. The van der Waals surface area contributed by atoms with Gasteiger partial charge in [0.1, 0.15) is 11.6 Å². The maximum atomic E-state index is 14.5. The first-order valence-corrected chi connectivity index (χ1v) is 15.5. The van der Waals surface area contributed by atoms with Crippen LogP contribution in [0.3, 0.4) is 0 Å². The van der Waals surface area contributed by atoms with E-state index >= 15 is 0 Å². The van der Waals surface area contributed by atoms with Crippen molar-refractivity contribution >= 4 is 23.4 Å². The molecule has 8 nitrogen and oxygen atoms in total. The Kier molecular flexibility index (Phi) is 8.71. The highest BCUT2D eigenvalue weighted by Gasteiger charge is 2.75. The summed E-state index contributed by atoms with van der Waals surface area (Å²) in [5, 5.41) is 9.20. The fourth-order valence-electron chi connectivity index (χ4n) is 7.58. The molecule has 2 fully saturated rings. The number of anilines is 1. The van der Waals surface area contributed by atoms with Crippen LogP contribution in [0, 0.1) is 11.8 Å². The van der Waals surface area contributed by atoms with Gasteiger partial charge in [-0.25, -0.2) is 0 Å². The second kappa shape index (κ2) is 12.1. The van der Waals surface area contributed by atoms with Gasteiger partial charge in [-0.05, 0) is 44.7 Å². The molecule has 4 aliphatic heterocycles. The number of aliphatic hydroxyl groups excluding tert-OH is 1. The predicted molar refractivity (Wildman–Crippen MR) is 158 cm³/mol. The van der Waals surface area contributed by atoms with Crippen LogP contribution in [-0.2, 0) is 19.1 Å². The number of ether oxygens (including phenoxy) is 1. The third kappa shape index (κ3) is 4.93. The number of hydrogen-bond donors (Lipinski definition) is 1. The SMILES string of the molecule is CCCC(C)N1CC=C[C@]23O[C@@]4(CC)C=CCN(c5ccccc5)C(=O)[C@H]4[C@H]2C(=O)N(CCCCCCO)C3C1=O. The molecule has 2 saturated heterocycles. The van der Waals surface area contributed by atoms with Crippen molar-refractivity contribution in [2.75, 3.05) is 31.1 Å². The number of benzene rings is 1. The monoisotopic (exact) mass is 563 g/mol. The van der Waals surface area contributed by atoms with Crippen LogP contribution >= 0.6 is 0 Å². The number of unbranched alkanes of at least 4 members (excludes halogenated alkanes) is 3. The Labute approximate surface area is 244 Å². The Bertz CT molecular complexity index is 1180. The quantitative estimate of drug-likeness (QED) is 0.324. The Morgan fingerprint density at radius 1 is 0.927 bits per heavy atom. The second-order valence-electron chi connectivity index (χ2n) is 12.0. The zero-order chi connectivity index (χ0) is 29.2. The molecule has 41 heavy (non-hydrogen) atoms. The lowest BCUT2D eigenvalue weighted by molar-refractivity contribution is -0.153. The molecule has 4 heterocycles. The first-order valence-electron chi connectivity index (χ1n) is 15.5. The summed E-state index contributed by atoms with van der Waals surface area (Å²) in [6.07, 6.45) is 13.4. The van der Waals surface area contributed by atoms with Crippen molar-refractivity contribution in [3.8, 4) is 0 Å². The third-order valence-corrected chi connectivity index (χ3v) is 9.58. The molecule has 5 rings (SSSR count). The van der Waals surface area contributed by atoms with Crippen LogP contribution in [0.5, 0.6) is 0 Å². The van der Waals surface area contributed by atoms with Gasteiger partial charge in [0.05, 0.1) is 17.4 Å². The normalized spacial score (nSPS) is 31.7. The van der Waals surface area contributed by atoms with Gasteiger partial charge in [0.15, 0.2) is 0 Å². The first-order chi connectivity index (χ1) is 19.8. The number of carbonyl (C=O) groups excluding carboxylic acids is 3. The fraction of sp³-hybridized carbons (Fsp3) is 0.606. The molecule has 0 saturated carbocycles. The van der Waals surface area contributed by atoms with E-state index in [1.165, 1.54) is 0 Å². The van der Waals surface area contributed by atoms with E-state index in [9.17, 15) is 19.5 Å². The minimum atomic E-state index is -1.22. The van der Waals surface area contributed by atoms with Crippen LogP contribution in [-0.4, -0.2) is 82.2 Å². The molecule has 1 N–H and O–H groups in total. The highest BCUT2D eigenvalue weighted by molar-refractivity contribution is 6.04. The molecule has 0 bridgehead atoms. The zero-order valence-corrected chi connectivity index (χ0v) is 24.7. The number of para-hydroxylation sites is 1. The van der Waals surface area contributed by atoms with Gasteiger partial charge in [0.25, 0.3) is 0 Å². The van der Waals surface area contributed by atoms with Crippen LogP contribution in [0.15, 0.2) is 54.6 Å². The predicted octanol–water partition coefficient (Wildman–Crippen LogP) is 4.09. The van der Waals surface area contributed by atoms with E-state index in [4.69, 9.17) is 4.74 Å². The van der Waals surface area contributed by atoms with Crippen molar-refractivity contribution < 1.29 is 24.2 Å². The summed E-state index contributed by atoms with van der Waals surface area (Å²) in [5.74, 6) is -1.95. The van der Waals surface area contributed by atoms with Crippen molar-refractivity contribution in [2.45, 2.75) is 89.0 Å². The number of amides is 3. The average molecular weight is 564 g/mol. The number of likely N-dealkylation sites (tertiary alicyclic amines) is 1. The van der Waals surface area contributed by atoms with Crippen molar-refractivity contribution in [2.24, 2.45) is 11.8 Å². The maximum Gasteiger partial charge on any atom is 0.249 e. The minimum absolute atomic E-state index is 0.0231. The van der Waals surface area contributed by atoms with E-state index in [1.54, 1.807) is 9.80 Å². The molecule has 1 aromatic rings. The van der Waals surface area contributed by atoms with E-state index in [0.717, 1.165) is 37.8 Å². The van der Waals surface area contributed by atoms with Gasteiger partial charge in [-0.3, -0.25) is 14.4 Å². The lowest BCUT2D eigenvalue weighted by Gasteiger charge is -2.39. The Balaban J connectivity index is 1.58. The smallest absolute Gasteiger partial charge is 0.249 e. The van der Waals surface area contributed by atoms with Gasteiger partial charge in [-0.15, -0.1) is 0 Å². The standard InChI is InChI=1S/C33H45N3O5/c1-4-15-24(3)34-21-14-19-33-27(30(39)36(28(33)31(34)40)20-11-6-7-12-23-37)26-29(38)35(25-16-9-8-10-17-25)22-13-18-32(26,5-2)41-33/h8-10,13-14,16-19,24,26-28,37H,4-7,11-12,15,20-23H2,1-3H3/t24?,26-,27+,28?,32+,33+/m1/s1. The average Bonchev–Trinajstić information content (AvgIpc) is 3.25. The summed E-state index contributed by atoms with van der Waals surface area (Å²) < 4.78 is 7.07. The third-order valence-electron chi connectivity index (χ3n) is 9.58. The largest absolute Gasteiger partial charge is 0.396 e. The molecule has 222 valence electrons. The van der Waals surface area contributed by atoms with Crippen LogP contribution in [0.4, 0.5) is 5.69 Å². The molecule has 1 aromatic carbocycles. The minimum Gasteiger partial charge on any atom is -0.396 e. The topological polar surface area (TPSA) is 90.4 Å². The summed E-state index contributed by atoms with van der Waals surface area (Å²) in [4.78, 5) is 48.9.